The lowest BCUT2D eigenvalue weighted by molar-refractivity contribution is 0.746. The Morgan fingerprint density at radius 3 is 1.32 bits per heavy atom. The fourth-order valence-corrected chi connectivity index (χ4v) is 10.6. The summed E-state index contributed by atoms with van der Waals surface area (Å²) in [5.41, 5.74) is 17.6. The van der Waals surface area contributed by atoms with E-state index in [4.69, 9.17) is 0 Å². The van der Waals surface area contributed by atoms with Crippen molar-refractivity contribution in [3.05, 3.63) is 308 Å². The number of nitrogens with zero attached hydrogens (tertiary/aromatic N) is 4. The fourth-order valence-electron chi connectivity index (χ4n) is 10.6. The standard InChI is InChI=1S/C68H54N4/c1-5-23-55(24-6-1)69(61-43-47-63(48-44-61)71(57-27-9-3-10-28-57)67-33-17-21-53-19-13-15-31-65(53)67)59-39-35-51(36-40-59)52-37-41-60(42-38-52)70(56-25-7-2-8-26-56)62-45-49-64(50-46-62)72(58-29-11-4-12-30-58)68-34-18-22-54-20-14-16-32-66(54)68/h1-19,21-45,47-49,54H,20,46,50H2. The summed E-state index contributed by atoms with van der Waals surface area (Å²) in [7, 11) is 0. The van der Waals surface area contributed by atoms with Crippen LogP contribution in [-0.4, -0.2) is 0 Å². The molecule has 0 saturated carbocycles. The third kappa shape index (κ3) is 8.87. The van der Waals surface area contributed by atoms with Crippen molar-refractivity contribution >= 4 is 62.0 Å². The number of rotatable bonds is 13. The molecule has 72 heavy (non-hydrogen) atoms. The van der Waals surface area contributed by atoms with E-state index >= 15 is 0 Å². The van der Waals surface area contributed by atoms with Gasteiger partial charge in [0.25, 0.3) is 0 Å². The van der Waals surface area contributed by atoms with Gasteiger partial charge in [-0.3, -0.25) is 0 Å². The predicted molar refractivity (Wildman–Crippen MR) is 304 cm³/mol. The second-order valence-electron chi connectivity index (χ2n) is 18.4. The molecule has 9 aromatic rings. The normalized spacial score (nSPS) is 14.9. The molecule has 12 rings (SSSR count). The van der Waals surface area contributed by atoms with E-state index in [1.165, 1.54) is 44.7 Å². The summed E-state index contributed by atoms with van der Waals surface area (Å²) in [6, 6.07) is 85.0. The monoisotopic (exact) mass is 926 g/mol. The number of hydrogen-bond acceptors (Lipinski definition) is 4. The maximum absolute atomic E-state index is 2.48. The zero-order valence-electron chi connectivity index (χ0n) is 40.1. The van der Waals surface area contributed by atoms with Gasteiger partial charge in [-0.1, -0.05) is 164 Å². The van der Waals surface area contributed by atoms with Crippen LogP contribution >= 0.6 is 0 Å². The molecular weight excluding hydrogens is 873 g/mol. The highest BCUT2D eigenvalue weighted by Gasteiger charge is 2.28. The number of benzene rings is 9. The van der Waals surface area contributed by atoms with Crippen molar-refractivity contribution in [1.82, 2.24) is 0 Å². The Morgan fingerprint density at radius 1 is 0.319 bits per heavy atom. The van der Waals surface area contributed by atoms with Crippen LogP contribution in [-0.2, 0) is 0 Å². The zero-order valence-corrected chi connectivity index (χ0v) is 40.1. The molecule has 3 aliphatic rings. The van der Waals surface area contributed by atoms with Crippen LogP contribution in [0, 0.1) is 5.92 Å². The summed E-state index contributed by atoms with van der Waals surface area (Å²) in [6.45, 7) is 0. The lowest BCUT2D eigenvalue weighted by atomic mass is 9.85. The lowest BCUT2D eigenvalue weighted by Gasteiger charge is -2.37. The second-order valence-corrected chi connectivity index (χ2v) is 18.4. The lowest BCUT2D eigenvalue weighted by Crippen LogP contribution is -2.28. The van der Waals surface area contributed by atoms with Gasteiger partial charge in [-0.25, -0.2) is 0 Å². The first-order chi connectivity index (χ1) is 35.7. The van der Waals surface area contributed by atoms with Crippen molar-refractivity contribution < 1.29 is 0 Å². The summed E-state index contributed by atoms with van der Waals surface area (Å²) < 4.78 is 0. The van der Waals surface area contributed by atoms with Crippen LogP contribution in [0.3, 0.4) is 0 Å². The molecule has 4 nitrogen and oxygen atoms in total. The third-order valence-electron chi connectivity index (χ3n) is 14.0. The Labute approximate surface area is 423 Å². The molecule has 346 valence electrons. The highest BCUT2D eigenvalue weighted by Crippen LogP contribution is 2.44. The van der Waals surface area contributed by atoms with Gasteiger partial charge in [0.1, 0.15) is 0 Å². The zero-order chi connectivity index (χ0) is 48.1. The minimum atomic E-state index is 0.402. The molecule has 0 bridgehead atoms. The molecule has 4 heteroatoms. The van der Waals surface area contributed by atoms with E-state index in [0.29, 0.717) is 5.92 Å². The highest BCUT2D eigenvalue weighted by molar-refractivity contribution is 5.99. The van der Waals surface area contributed by atoms with Gasteiger partial charge in [0.05, 0.1) is 5.69 Å². The van der Waals surface area contributed by atoms with Crippen molar-refractivity contribution in [1.29, 1.82) is 0 Å². The number of hydrogen-bond donors (Lipinski definition) is 0. The Kier molecular flexibility index (Phi) is 12.3. The highest BCUT2D eigenvalue weighted by atomic mass is 15.2. The number of anilines is 9. The summed E-state index contributed by atoms with van der Waals surface area (Å²) in [5, 5.41) is 2.42. The smallest absolute Gasteiger partial charge is 0.0540 e. The van der Waals surface area contributed by atoms with Gasteiger partial charge < -0.3 is 19.6 Å². The van der Waals surface area contributed by atoms with Gasteiger partial charge in [0, 0.05) is 73.9 Å². The minimum Gasteiger partial charge on any atom is -0.314 e. The van der Waals surface area contributed by atoms with Crippen LogP contribution < -0.4 is 19.6 Å². The van der Waals surface area contributed by atoms with E-state index in [1.54, 1.807) is 0 Å². The van der Waals surface area contributed by atoms with Gasteiger partial charge >= 0.3 is 0 Å². The maximum Gasteiger partial charge on any atom is 0.0540 e. The van der Waals surface area contributed by atoms with E-state index < -0.39 is 0 Å². The first-order valence-electron chi connectivity index (χ1n) is 25.1. The van der Waals surface area contributed by atoms with E-state index in [0.717, 1.165) is 70.3 Å². The van der Waals surface area contributed by atoms with Crippen molar-refractivity contribution in [3.8, 4) is 11.1 Å². The number of fused-ring (bicyclic) bond motifs is 2. The summed E-state index contributed by atoms with van der Waals surface area (Å²) in [5.74, 6) is 0.402. The van der Waals surface area contributed by atoms with Gasteiger partial charge in [-0.2, -0.15) is 0 Å². The summed E-state index contributed by atoms with van der Waals surface area (Å²) >= 11 is 0. The molecule has 0 radical (unpaired) electrons. The van der Waals surface area contributed by atoms with E-state index in [2.05, 4.69) is 305 Å². The van der Waals surface area contributed by atoms with Gasteiger partial charge in [0.2, 0.25) is 0 Å². The average Bonchev–Trinajstić information content (AvgIpc) is 3.46. The Bertz CT molecular complexity index is 3510. The van der Waals surface area contributed by atoms with Crippen molar-refractivity contribution in [2.45, 2.75) is 19.3 Å². The molecule has 1 atom stereocenters. The van der Waals surface area contributed by atoms with E-state index in [1.807, 2.05) is 0 Å². The molecular formula is C68H54N4. The molecule has 1 unspecified atom stereocenters. The summed E-state index contributed by atoms with van der Waals surface area (Å²) in [4.78, 5) is 9.59. The molecule has 0 N–H and O–H groups in total. The molecule has 0 saturated heterocycles. The molecule has 0 amide bonds. The molecule has 3 aliphatic carbocycles. The maximum atomic E-state index is 2.48. The van der Waals surface area contributed by atoms with E-state index in [9.17, 15) is 0 Å². The molecule has 0 fully saturated rings. The Morgan fingerprint density at radius 2 is 0.750 bits per heavy atom. The number of para-hydroxylation sites is 4. The SMILES string of the molecule is C1=CCC2C=CC=C(N(C3=CC=C(N(c4ccccc4)c4ccc(-c5ccc(N(c6ccccc6)c6ccc(N(c7ccccc7)c7cccc8ccccc78)cc6)cc5)cc4)CC3)c3ccccc3)C2=C1. The topological polar surface area (TPSA) is 13.0 Å². The quantitative estimate of drug-likeness (QED) is 0.114. The van der Waals surface area contributed by atoms with Gasteiger partial charge in [-0.15, -0.1) is 0 Å². The minimum absolute atomic E-state index is 0.402. The number of allylic oxidation sites excluding steroid dienone is 11. The molecule has 0 heterocycles. The first-order valence-corrected chi connectivity index (χ1v) is 25.1. The van der Waals surface area contributed by atoms with Crippen LogP contribution in [0.15, 0.2) is 308 Å². The predicted octanol–water partition coefficient (Wildman–Crippen LogP) is 18.6. The van der Waals surface area contributed by atoms with Gasteiger partial charge in [-0.05, 0) is 163 Å². The Hall–Kier alpha value is -9.12. The second kappa shape index (κ2) is 20.1. The molecule has 0 aliphatic heterocycles. The van der Waals surface area contributed by atoms with E-state index in [-0.39, 0.29) is 0 Å². The van der Waals surface area contributed by atoms with Crippen LogP contribution in [0.25, 0.3) is 21.9 Å². The average molecular weight is 927 g/mol. The van der Waals surface area contributed by atoms with Crippen LogP contribution in [0.4, 0.5) is 51.2 Å². The molecule has 0 aromatic heterocycles. The van der Waals surface area contributed by atoms with Crippen LogP contribution in [0.1, 0.15) is 19.3 Å². The fraction of sp³-hybridized carbons (Fsp3) is 0.0588. The molecule has 9 aromatic carbocycles. The van der Waals surface area contributed by atoms with Crippen LogP contribution in [0.5, 0.6) is 0 Å². The van der Waals surface area contributed by atoms with Crippen molar-refractivity contribution in [2.75, 3.05) is 19.6 Å². The van der Waals surface area contributed by atoms with Crippen molar-refractivity contribution in [2.24, 2.45) is 5.92 Å². The third-order valence-corrected chi connectivity index (χ3v) is 14.0. The Balaban J connectivity index is 0.834. The van der Waals surface area contributed by atoms with Gasteiger partial charge in [0.15, 0.2) is 0 Å². The largest absolute Gasteiger partial charge is 0.314 e. The van der Waals surface area contributed by atoms with Crippen molar-refractivity contribution in [3.63, 3.8) is 0 Å². The van der Waals surface area contributed by atoms with Crippen LogP contribution in [0.2, 0.25) is 0 Å². The first kappa shape index (κ1) is 44.1. The molecule has 0 spiro atoms. The summed E-state index contributed by atoms with van der Waals surface area (Å²) in [6.07, 6.45) is 21.1.